The quantitative estimate of drug-likeness (QED) is 0.224. The van der Waals surface area contributed by atoms with E-state index in [9.17, 15) is 9.90 Å². The van der Waals surface area contributed by atoms with E-state index in [1.54, 1.807) is 43.1 Å². The van der Waals surface area contributed by atoms with E-state index in [4.69, 9.17) is 49.0 Å². The van der Waals surface area contributed by atoms with E-state index in [0.29, 0.717) is 17.9 Å². The summed E-state index contributed by atoms with van der Waals surface area (Å²) < 4.78 is 16.2. The number of benzene rings is 3. The highest BCUT2D eigenvalue weighted by Gasteiger charge is 2.33. The van der Waals surface area contributed by atoms with E-state index in [2.05, 4.69) is 5.32 Å². The number of para-hydroxylation sites is 1. The van der Waals surface area contributed by atoms with Crippen LogP contribution in [0.4, 0.5) is 5.69 Å². The van der Waals surface area contributed by atoms with Gasteiger partial charge in [0.2, 0.25) is 0 Å². The number of aliphatic hydroxyl groups is 1. The number of thioether (sulfide) groups is 1. The van der Waals surface area contributed by atoms with E-state index in [0.717, 1.165) is 27.3 Å². The number of methoxy groups -OCH3 is 1. The molecule has 0 unspecified atom stereocenters. The number of carbonyl (C=O) groups is 1. The van der Waals surface area contributed by atoms with Crippen LogP contribution in [0.15, 0.2) is 77.7 Å². The van der Waals surface area contributed by atoms with Crippen molar-refractivity contribution in [3.05, 3.63) is 89.5 Å². The minimum atomic E-state index is -2.06. The first kappa shape index (κ1) is 28.0. The number of halogens is 3. The van der Waals surface area contributed by atoms with Crippen LogP contribution in [-0.4, -0.2) is 33.8 Å². The topological polar surface area (TPSA) is 77.0 Å². The molecule has 1 aliphatic heterocycles. The van der Waals surface area contributed by atoms with Crippen molar-refractivity contribution in [3.63, 3.8) is 0 Å². The van der Waals surface area contributed by atoms with Gasteiger partial charge in [0.25, 0.3) is 9.70 Å². The molecule has 2 N–H and O–H groups in total. The first-order valence-corrected chi connectivity index (χ1v) is 13.6. The molecule has 1 saturated heterocycles. The molecule has 0 bridgehead atoms. The van der Waals surface area contributed by atoms with Gasteiger partial charge in [-0.1, -0.05) is 83.3 Å². The lowest BCUT2D eigenvalue weighted by atomic mass is 10.0. The van der Waals surface area contributed by atoms with Gasteiger partial charge in [-0.2, -0.15) is 0 Å². The molecule has 1 heterocycles. The fraction of sp³-hybridized carbons (Fsp3) is 0.296. The van der Waals surface area contributed by atoms with Crippen molar-refractivity contribution < 1.29 is 24.1 Å². The Labute approximate surface area is 235 Å². The summed E-state index contributed by atoms with van der Waals surface area (Å²) in [6, 6.07) is 22.6. The molecule has 0 aromatic heterocycles. The Kier molecular flexibility index (Phi) is 9.64. The first-order chi connectivity index (χ1) is 17.8. The van der Waals surface area contributed by atoms with E-state index in [1.807, 2.05) is 48.5 Å². The molecule has 3 atom stereocenters. The van der Waals surface area contributed by atoms with E-state index >= 15 is 0 Å². The molecule has 196 valence electrons. The van der Waals surface area contributed by atoms with Crippen LogP contribution < -0.4 is 10.1 Å². The summed E-state index contributed by atoms with van der Waals surface area (Å²) in [5.74, 6) is 0.776. The van der Waals surface area contributed by atoms with Crippen molar-refractivity contribution in [1.29, 1.82) is 0 Å². The fourth-order valence-corrected chi connectivity index (χ4v) is 5.06. The molecular formula is C27H26Cl3NO5S. The SMILES string of the molecule is COc1ccccc1SC[C@H]1C[C@@H](c2ccc(CO)cc2)O[C@@H](c2ccc(NC(=O)C(Cl)(Cl)Cl)cc2)O1. The summed E-state index contributed by atoms with van der Waals surface area (Å²) in [5.41, 5.74) is 3.11. The maximum Gasteiger partial charge on any atom is 0.276 e. The van der Waals surface area contributed by atoms with Crippen LogP contribution in [0.1, 0.15) is 35.5 Å². The van der Waals surface area contributed by atoms with Gasteiger partial charge in [0.15, 0.2) is 6.29 Å². The van der Waals surface area contributed by atoms with Crippen LogP contribution in [-0.2, 0) is 20.9 Å². The van der Waals surface area contributed by atoms with Crippen LogP contribution in [0.5, 0.6) is 5.75 Å². The van der Waals surface area contributed by atoms with E-state index in [-0.39, 0.29) is 18.8 Å². The summed E-state index contributed by atoms with van der Waals surface area (Å²) in [5, 5.41) is 12.0. The molecule has 0 saturated carbocycles. The van der Waals surface area contributed by atoms with Crippen LogP contribution in [0.2, 0.25) is 0 Å². The number of hydrogen-bond acceptors (Lipinski definition) is 6. The minimum absolute atomic E-state index is 0.0170. The molecular weight excluding hydrogens is 557 g/mol. The van der Waals surface area contributed by atoms with Gasteiger partial charge in [0.05, 0.1) is 25.9 Å². The lowest BCUT2D eigenvalue weighted by Gasteiger charge is -2.36. The normalized spacial score (nSPS) is 19.9. The third kappa shape index (κ3) is 7.54. The van der Waals surface area contributed by atoms with Crippen LogP contribution in [0.25, 0.3) is 0 Å². The smallest absolute Gasteiger partial charge is 0.276 e. The number of alkyl halides is 3. The monoisotopic (exact) mass is 581 g/mol. The highest BCUT2D eigenvalue weighted by molar-refractivity contribution is 7.99. The third-order valence-corrected chi connectivity index (χ3v) is 7.51. The van der Waals surface area contributed by atoms with Crippen molar-refractivity contribution in [1.82, 2.24) is 0 Å². The number of ether oxygens (including phenoxy) is 3. The molecule has 0 radical (unpaired) electrons. The number of aliphatic hydroxyl groups excluding tert-OH is 1. The summed E-state index contributed by atoms with van der Waals surface area (Å²) in [7, 11) is 1.66. The number of anilines is 1. The molecule has 6 nitrogen and oxygen atoms in total. The Morgan fingerprint density at radius 1 is 1.03 bits per heavy atom. The second-order valence-corrected chi connectivity index (χ2v) is 11.7. The molecule has 1 aliphatic rings. The Bertz CT molecular complexity index is 1190. The van der Waals surface area contributed by atoms with Gasteiger partial charge in [-0.25, -0.2) is 0 Å². The standard InChI is InChI=1S/C27H26Cl3NO5S/c1-34-22-4-2-3-5-24(22)37-16-21-14-23(18-8-6-17(15-32)7-9-18)36-25(35-21)19-10-12-20(13-11-19)31-26(33)27(28,29)30/h2-13,21,23,25,32H,14-16H2,1H3,(H,31,33)/t21-,23+,25+/m1/s1. The van der Waals surface area contributed by atoms with Crippen LogP contribution >= 0.6 is 46.6 Å². The zero-order chi connectivity index (χ0) is 26.4. The van der Waals surface area contributed by atoms with Crippen molar-refractivity contribution in [2.24, 2.45) is 0 Å². The summed E-state index contributed by atoms with van der Waals surface area (Å²) in [4.78, 5) is 13.0. The summed E-state index contributed by atoms with van der Waals surface area (Å²) in [6.45, 7) is -0.0170. The zero-order valence-corrected chi connectivity index (χ0v) is 23.0. The van der Waals surface area contributed by atoms with Gasteiger partial charge in [-0.15, -0.1) is 11.8 Å². The average molecular weight is 583 g/mol. The highest BCUT2D eigenvalue weighted by atomic mass is 35.6. The van der Waals surface area contributed by atoms with Gasteiger partial charge in [0, 0.05) is 28.3 Å². The van der Waals surface area contributed by atoms with Crippen molar-refractivity contribution in [3.8, 4) is 5.75 Å². The van der Waals surface area contributed by atoms with Gasteiger partial charge >= 0.3 is 0 Å². The van der Waals surface area contributed by atoms with Crippen LogP contribution in [0, 0.1) is 0 Å². The molecule has 37 heavy (non-hydrogen) atoms. The number of nitrogens with one attached hydrogen (secondary N) is 1. The number of hydrogen-bond donors (Lipinski definition) is 2. The molecule has 3 aromatic carbocycles. The number of carbonyl (C=O) groups excluding carboxylic acids is 1. The highest BCUT2D eigenvalue weighted by Crippen LogP contribution is 2.40. The lowest BCUT2D eigenvalue weighted by Crippen LogP contribution is -2.31. The van der Waals surface area contributed by atoms with Gasteiger partial charge < -0.3 is 24.6 Å². The van der Waals surface area contributed by atoms with Crippen molar-refractivity contribution in [2.75, 3.05) is 18.2 Å². The molecule has 1 amide bonds. The molecule has 10 heteroatoms. The Hall–Kier alpha value is -1.97. The molecule has 0 spiro atoms. The zero-order valence-electron chi connectivity index (χ0n) is 19.9. The van der Waals surface area contributed by atoms with Gasteiger partial charge in [-0.3, -0.25) is 4.79 Å². The second kappa shape index (κ2) is 12.7. The predicted octanol–water partition coefficient (Wildman–Crippen LogP) is 6.83. The Morgan fingerprint density at radius 3 is 2.35 bits per heavy atom. The van der Waals surface area contributed by atoms with E-state index in [1.165, 1.54) is 0 Å². The maximum atomic E-state index is 12.0. The summed E-state index contributed by atoms with van der Waals surface area (Å²) >= 11 is 18.6. The molecule has 3 aromatic rings. The number of rotatable bonds is 8. The van der Waals surface area contributed by atoms with Crippen molar-refractivity contribution in [2.45, 2.75) is 40.2 Å². The summed E-state index contributed by atoms with van der Waals surface area (Å²) in [6.07, 6.45) is -0.287. The van der Waals surface area contributed by atoms with Crippen LogP contribution in [0.3, 0.4) is 0 Å². The van der Waals surface area contributed by atoms with E-state index < -0.39 is 16.0 Å². The Morgan fingerprint density at radius 2 is 1.70 bits per heavy atom. The van der Waals surface area contributed by atoms with Gasteiger partial charge in [0.1, 0.15) is 5.75 Å². The molecule has 1 fully saturated rings. The number of amides is 1. The van der Waals surface area contributed by atoms with Gasteiger partial charge in [-0.05, 0) is 35.4 Å². The average Bonchev–Trinajstić information content (AvgIpc) is 2.91. The molecule has 0 aliphatic carbocycles. The maximum absolute atomic E-state index is 12.0. The first-order valence-electron chi connectivity index (χ1n) is 11.5. The lowest BCUT2D eigenvalue weighted by molar-refractivity contribution is -0.245. The largest absolute Gasteiger partial charge is 0.496 e. The predicted molar refractivity (Wildman–Crippen MR) is 148 cm³/mol. The van der Waals surface area contributed by atoms with Crippen molar-refractivity contribution >= 4 is 58.2 Å². The fourth-order valence-electron chi connectivity index (χ4n) is 3.87. The second-order valence-electron chi connectivity index (χ2n) is 8.39. The Balaban J connectivity index is 1.52. The minimum Gasteiger partial charge on any atom is -0.496 e. The third-order valence-electron chi connectivity index (χ3n) is 5.81. The molecule has 4 rings (SSSR count).